The van der Waals surface area contributed by atoms with Gasteiger partial charge in [-0.15, -0.1) is 5.46 Å². The summed E-state index contributed by atoms with van der Waals surface area (Å²) in [4.78, 5) is 4.27. The largest absolute Gasteiger partial charge is 1.00 e. The Labute approximate surface area is 164 Å². The van der Waals surface area contributed by atoms with Gasteiger partial charge in [-0.1, -0.05) is 17.7 Å². The van der Waals surface area contributed by atoms with Gasteiger partial charge in [0.15, 0.2) is 0 Å². The molecule has 1 aromatic carbocycles. The number of ether oxygens (including phenoxy) is 1. The van der Waals surface area contributed by atoms with Crippen molar-refractivity contribution in [1.29, 1.82) is 0 Å². The second-order valence-electron chi connectivity index (χ2n) is 4.65. The average molecular weight is 319 g/mol. The molecule has 0 saturated carbocycles. The second-order valence-corrected chi connectivity index (χ2v) is 4.65. The van der Waals surface area contributed by atoms with Crippen molar-refractivity contribution in [2.24, 2.45) is 0 Å². The van der Waals surface area contributed by atoms with Crippen LogP contribution >= 0.6 is 0 Å². The Bertz CT molecular complexity index is 619. The van der Waals surface area contributed by atoms with E-state index in [0.717, 1.165) is 17.5 Å². The van der Waals surface area contributed by atoms with Crippen molar-refractivity contribution in [2.75, 3.05) is 0 Å². The molecule has 0 radical (unpaired) electrons. The Hall–Kier alpha value is -0.339. The van der Waals surface area contributed by atoms with E-state index in [1.54, 1.807) is 0 Å². The van der Waals surface area contributed by atoms with Crippen molar-refractivity contribution in [3.05, 3.63) is 53.3 Å². The zero-order valence-electron chi connectivity index (χ0n) is 12.2. The molecule has 0 amide bonds. The summed E-state index contributed by atoms with van der Waals surface area (Å²) in [5.74, 6) is 0.412. The van der Waals surface area contributed by atoms with Gasteiger partial charge < -0.3 is 17.7 Å². The number of hydrogen-bond acceptors (Lipinski definition) is 2. The minimum absolute atomic E-state index is 0. The van der Waals surface area contributed by atoms with E-state index >= 15 is 0 Å². The monoisotopic (exact) mass is 319 g/mol. The minimum atomic E-state index is -4.98. The molecule has 106 valence electrons. The van der Waals surface area contributed by atoms with E-state index in [9.17, 15) is 12.9 Å². The van der Waals surface area contributed by atoms with Crippen molar-refractivity contribution >= 4 is 12.4 Å². The topological polar surface area (TPSA) is 22.1 Å². The quantitative estimate of drug-likeness (QED) is 0.758. The van der Waals surface area contributed by atoms with E-state index in [1.165, 1.54) is 19.1 Å². The van der Waals surface area contributed by atoms with Crippen molar-refractivity contribution in [1.82, 2.24) is 4.98 Å². The summed E-state index contributed by atoms with van der Waals surface area (Å²) >= 11 is 0. The Morgan fingerprint density at radius 2 is 1.81 bits per heavy atom. The van der Waals surface area contributed by atoms with Crippen LogP contribution in [0.15, 0.2) is 36.4 Å². The predicted octanol–water partition coefficient (Wildman–Crippen LogP) is 0.336. The summed E-state index contributed by atoms with van der Waals surface area (Å²) in [6, 6.07) is 9.35. The molecular formula is C14H14BF3KNO. The van der Waals surface area contributed by atoms with Gasteiger partial charge in [0.05, 0.1) is 5.69 Å². The van der Waals surface area contributed by atoms with Crippen molar-refractivity contribution < 1.29 is 69.1 Å². The van der Waals surface area contributed by atoms with Gasteiger partial charge in [0.1, 0.15) is 12.4 Å². The van der Waals surface area contributed by atoms with Crippen LogP contribution in [-0.4, -0.2) is 12.0 Å². The van der Waals surface area contributed by atoms with Crippen LogP contribution in [-0.2, 0) is 6.61 Å². The molecule has 7 heteroatoms. The molecule has 0 atom stereocenters. The van der Waals surface area contributed by atoms with Gasteiger partial charge >= 0.3 is 58.4 Å². The molecule has 0 aliphatic carbocycles. The van der Waals surface area contributed by atoms with Crippen molar-refractivity contribution in [2.45, 2.75) is 20.5 Å². The van der Waals surface area contributed by atoms with E-state index < -0.39 is 12.4 Å². The van der Waals surface area contributed by atoms with Gasteiger partial charge in [-0.3, -0.25) is 4.98 Å². The number of pyridine rings is 1. The minimum Gasteiger partial charge on any atom is -0.487 e. The first kappa shape index (κ1) is 18.7. The number of rotatable bonds is 4. The maximum Gasteiger partial charge on any atom is 1.00 e. The number of aryl methyl sites for hydroxylation is 2. The molecule has 0 fully saturated rings. The molecule has 0 aliphatic rings. The van der Waals surface area contributed by atoms with Gasteiger partial charge in [0.25, 0.3) is 0 Å². The molecule has 2 rings (SSSR count). The van der Waals surface area contributed by atoms with Gasteiger partial charge in [-0.05, 0) is 38.1 Å². The third-order valence-corrected chi connectivity index (χ3v) is 2.93. The van der Waals surface area contributed by atoms with E-state index in [4.69, 9.17) is 4.74 Å². The van der Waals surface area contributed by atoms with Gasteiger partial charge in [-0.25, -0.2) is 0 Å². The normalized spacial score (nSPS) is 10.9. The maximum absolute atomic E-state index is 12.7. The van der Waals surface area contributed by atoms with Crippen LogP contribution in [0.3, 0.4) is 0 Å². The second kappa shape index (κ2) is 7.78. The van der Waals surface area contributed by atoms with Crippen LogP contribution in [0.1, 0.15) is 17.0 Å². The first-order chi connectivity index (χ1) is 9.36. The fraction of sp³-hybridized carbons (Fsp3) is 0.214. The molecule has 0 N–H and O–H groups in total. The Morgan fingerprint density at radius 1 is 1.10 bits per heavy atom. The molecule has 1 aromatic heterocycles. The zero-order valence-corrected chi connectivity index (χ0v) is 15.4. The molecule has 0 aliphatic heterocycles. The first-order valence-corrected chi connectivity index (χ1v) is 6.22. The van der Waals surface area contributed by atoms with Gasteiger partial charge in [-0.2, -0.15) is 0 Å². The van der Waals surface area contributed by atoms with E-state index in [-0.39, 0.29) is 63.6 Å². The number of aromatic nitrogens is 1. The maximum atomic E-state index is 12.7. The Balaban J connectivity index is 0.00000220. The summed E-state index contributed by atoms with van der Waals surface area (Å²) < 4.78 is 43.5. The van der Waals surface area contributed by atoms with Crippen molar-refractivity contribution in [3.63, 3.8) is 0 Å². The molecular weight excluding hydrogens is 305 g/mol. The molecule has 0 saturated heterocycles. The number of hydrogen-bond donors (Lipinski definition) is 0. The van der Waals surface area contributed by atoms with E-state index in [2.05, 4.69) is 4.98 Å². The molecule has 0 bridgehead atoms. The molecule has 1 heterocycles. The number of benzene rings is 1. The summed E-state index contributed by atoms with van der Waals surface area (Å²) in [6.45, 7) is -1.44. The molecule has 21 heavy (non-hydrogen) atoms. The zero-order chi connectivity index (χ0) is 14.8. The summed E-state index contributed by atoms with van der Waals surface area (Å²) in [6.07, 6.45) is 0. The smallest absolute Gasteiger partial charge is 0.487 e. The third kappa shape index (κ3) is 5.41. The van der Waals surface area contributed by atoms with Crippen LogP contribution in [0.4, 0.5) is 12.9 Å². The van der Waals surface area contributed by atoms with Crippen LogP contribution in [0.2, 0.25) is 0 Å². The summed E-state index contributed by atoms with van der Waals surface area (Å²) in [7, 11) is 0. The fourth-order valence-electron chi connectivity index (χ4n) is 1.94. The van der Waals surface area contributed by atoms with Gasteiger partial charge in [0.2, 0.25) is 0 Å². The van der Waals surface area contributed by atoms with Gasteiger partial charge in [0, 0.05) is 5.69 Å². The summed E-state index contributed by atoms with van der Waals surface area (Å²) in [5.41, 5.74) is 1.21. The standard InChI is InChI=1S/C14H14BF3NO.K/c1-10-8-13(6-7-14(10)15(16,17)18)20-9-12-5-3-4-11(2)19-12;/h3-8H,9H2,1-2H3;/q-1;+1. The van der Waals surface area contributed by atoms with Crippen molar-refractivity contribution in [3.8, 4) is 5.75 Å². The van der Waals surface area contributed by atoms with Crippen LogP contribution in [0.5, 0.6) is 5.75 Å². The summed E-state index contributed by atoms with van der Waals surface area (Å²) in [5, 5.41) is 0. The third-order valence-electron chi connectivity index (χ3n) is 2.93. The Morgan fingerprint density at radius 3 is 2.38 bits per heavy atom. The average Bonchev–Trinajstić information content (AvgIpc) is 2.35. The molecule has 0 spiro atoms. The van der Waals surface area contributed by atoms with E-state index in [0.29, 0.717) is 5.75 Å². The Kier molecular flexibility index (Phi) is 6.93. The molecule has 0 unspecified atom stereocenters. The van der Waals surface area contributed by atoms with Crippen LogP contribution in [0.25, 0.3) is 0 Å². The SMILES string of the molecule is Cc1cccc(COc2ccc([B-](F)(F)F)c(C)c2)n1.[K+]. The molecule has 2 nitrogen and oxygen atoms in total. The van der Waals surface area contributed by atoms with Crippen LogP contribution < -0.4 is 61.6 Å². The number of nitrogens with zero attached hydrogens (tertiary/aromatic N) is 1. The number of halogens is 3. The first-order valence-electron chi connectivity index (χ1n) is 6.22. The predicted molar refractivity (Wildman–Crippen MR) is 73.2 cm³/mol. The van der Waals surface area contributed by atoms with E-state index in [1.807, 2.05) is 25.1 Å². The fourth-order valence-corrected chi connectivity index (χ4v) is 1.94. The van der Waals surface area contributed by atoms with Crippen LogP contribution in [0, 0.1) is 13.8 Å². The molecule has 2 aromatic rings.